The molecule has 1 aliphatic rings. The maximum absolute atomic E-state index is 13.2. The molecular formula is C24H18F3N3O2S. The molecule has 9 heteroatoms. The molecule has 168 valence electrons. The third-order valence-corrected chi connectivity index (χ3v) is 6.87. The summed E-state index contributed by atoms with van der Waals surface area (Å²) in [7, 11) is 0. The van der Waals surface area contributed by atoms with Gasteiger partial charge in [-0.25, -0.2) is 4.98 Å². The van der Waals surface area contributed by atoms with Crippen LogP contribution in [0.25, 0.3) is 10.2 Å². The third kappa shape index (κ3) is 4.04. The maximum atomic E-state index is 13.2. The largest absolute Gasteiger partial charge is 0.416 e. The highest BCUT2D eigenvalue weighted by Gasteiger charge is 2.32. The van der Waals surface area contributed by atoms with Crippen molar-refractivity contribution in [3.8, 4) is 0 Å². The van der Waals surface area contributed by atoms with E-state index in [9.17, 15) is 22.8 Å². The highest BCUT2D eigenvalue weighted by atomic mass is 32.1. The van der Waals surface area contributed by atoms with Crippen molar-refractivity contribution < 1.29 is 18.0 Å². The third-order valence-electron chi connectivity index (χ3n) is 5.75. The minimum atomic E-state index is -4.51. The molecule has 5 rings (SSSR count). The fraction of sp³-hybridized carbons (Fsp3) is 0.208. The van der Waals surface area contributed by atoms with Gasteiger partial charge in [-0.3, -0.25) is 14.2 Å². The number of halogens is 3. The Morgan fingerprint density at radius 3 is 2.64 bits per heavy atom. The second-order valence-electron chi connectivity index (χ2n) is 7.90. The van der Waals surface area contributed by atoms with Crippen molar-refractivity contribution >= 4 is 27.5 Å². The van der Waals surface area contributed by atoms with Gasteiger partial charge in [-0.2, -0.15) is 13.2 Å². The highest BCUT2D eigenvalue weighted by molar-refractivity contribution is 7.18. The van der Waals surface area contributed by atoms with Gasteiger partial charge in [-0.15, -0.1) is 11.3 Å². The fourth-order valence-corrected chi connectivity index (χ4v) is 5.29. The average molecular weight is 469 g/mol. The molecule has 3 heterocycles. The average Bonchev–Trinajstić information content (AvgIpc) is 3.19. The number of nitrogens with zero attached hydrogens (tertiary/aromatic N) is 3. The monoisotopic (exact) mass is 469 g/mol. The minimum Gasteiger partial charge on any atom is -0.333 e. The van der Waals surface area contributed by atoms with Crippen LogP contribution in [0.5, 0.6) is 0 Å². The van der Waals surface area contributed by atoms with E-state index in [0.29, 0.717) is 29.7 Å². The predicted octanol–water partition coefficient (Wildman–Crippen LogP) is 4.72. The van der Waals surface area contributed by atoms with Gasteiger partial charge in [0.05, 0.1) is 30.4 Å². The number of carbonyl (C=O) groups is 1. The molecule has 1 aliphatic heterocycles. The van der Waals surface area contributed by atoms with Gasteiger partial charge in [0.2, 0.25) is 0 Å². The van der Waals surface area contributed by atoms with E-state index in [2.05, 4.69) is 4.98 Å². The van der Waals surface area contributed by atoms with Crippen LogP contribution in [0.2, 0.25) is 0 Å². The van der Waals surface area contributed by atoms with Crippen molar-refractivity contribution in [3.05, 3.63) is 98.4 Å². The summed E-state index contributed by atoms with van der Waals surface area (Å²) in [5.74, 6) is -0.460. The topological polar surface area (TPSA) is 55.2 Å². The second-order valence-corrected chi connectivity index (χ2v) is 8.99. The number of benzene rings is 2. The molecule has 1 amide bonds. The molecule has 0 N–H and O–H groups in total. The smallest absolute Gasteiger partial charge is 0.333 e. The van der Waals surface area contributed by atoms with Crippen LogP contribution in [0.15, 0.2) is 65.7 Å². The lowest BCUT2D eigenvalue weighted by atomic mass is 10.0. The van der Waals surface area contributed by atoms with E-state index in [4.69, 9.17) is 0 Å². The Hall–Kier alpha value is -3.46. The van der Waals surface area contributed by atoms with Crippen molar-refractivity contribution in [2.45, 2.75) is 25.7 Å². The van der Waals surface area contributed by atoms with Crippen LogP contribution < -0.4 is 5.56 Å². The van der Waals surface area contributed by atoms with E-state index in [1.165, 1.54) is 34.7 Å². The Morgan fingerprint density at radius 1 is 1.09 bits per heavy atom. The lowest BCUT2D eigenvalue weighted by Crippen LogP contribution is -2.35. The van der Waals surface area contributed by atoms with E-state index in [1.807, 2.05) is 30.3 Å². The first-order valence-electron chi connectivity index (χ1n) is 10.3. The number of carbonyl (C=O) groups excluding carboxylic acids is 1. The van der Waals surface area contributed by atoms with Crippen molar-refractivity contribution in [2.24, 2.45) is 0 Å². The van der Waals surface area contributed by atoms with Crippen LogP contribution in [0, 0.1) is 0 Å². The Kier molecular flexibility index (Phi) is 5.28. The molecule has 0 spiro atoms. The molecule has 0 atom stereocenters. The highest BCUT2D eigenvalue weighted by Crippen LogP contribution is 2.34. The SMILES string of the molecule is O=C(c1cccc(C(F)(F)F)c1)N1CCc2c(sc3ncn(Cc4ccccc4)c(=O)c23)C1. The van der Waals surface area contributed by atoms with E-state index in [-0.39, 0.29) is 17.7 Å². The van der Waals surface area contributed by atoms with Crippen molar-refractivity contribution in [3.63, 3.8) is 0 Å². The molecule has 0 radical (unpaired) electrons. The lowest BCUT2D eigenvalue weighted by molar-refractivity contribution is -0.137. The quantitative estimate of drug-likeness (QED) is 0.436. The Bertz CT molecular complexity index is 1410. The summed E-state index contributed by atoms with van der Waals surface area (Å²) in [6.07, 6.45) is -2.53. The van der Waals surface area contributed by atoms with Crippen molar-refractivity contribution in [2.75, 3.05) is 6.54 Å². The lowest BCUT2D eigenvalue weighted by Gasteiger charge is -2.27. The maximum Gasteiger partial charge on any atom is 0.416 e. The molecular weight excluding hydrogens is 451 g/mol. The molecule has 0 saturated heterocycles. The summed E-state index contributed by atoms with van der Waals surface area (Å²) < 4.78 is 40.7. The summed E-state index contributed by atoms with van der Waals surface area (Å²) in [6.45, 7) is 0.970. The zero-order chi connectivity index (χ0) is 23.2. The summed E-state index contributed by atoms with van der Waals surface area (Å²) in [4.78, 5) is 33.5. The van der Waals surface area contributed by atoms with Crippen LogP contribution in [-0.2, 0) is 25.7 Å². The van der Waals surface area contributed by atoms with Gasteiger partial charge in [0.15, 0.2) is 0 Å². The molecule has 2 aromatic carbocycles. The van der Waals surface area contributed by atoms with Crippen LogP contribution in [0.3, 0.4) is 0 Å². The van der Waals surface area contributed by atoms with Gasteiger partial charge in [0, 0.05) is 17.0 Å². The van der Waals surface area contributed by atoms with Crippen molar-refractivity contribution in [1.82, 2.24) is 14.5 Å². The second kappa shape index (κ2) is 8.15. The standard InChI is InChI=1S/C24H18F3N3O2S/c25-24(26,27)17-8-4-7-16(11-17)22(31)29-10-9-18-19(13-29)33-21-20(18)23(32)30(14-28-21)12-15-5-2-1-3-6-15/h1-8,11,14H,9-10,12-13H2. The number of hydrogen-bond acceptors (Lipinski definition) is 4. The molecule has 0 fully saturated rings. The van der Waals surface area contributed by atoms with Gasteiger partial charge in [-0.1, -0.05) is 36.4 Å². The van der Waals surface area contributed by atoms with Gasteiger partial charge in [-0.05, 0) is 35.7 Å². The van der Waals surface area contributed by atoms with Gasteiger partial charge < -0.3 is 4.90 Å². The van der Waals surface area contributed by atoms with E-state index >= 15 is 0 Å². The summed E-state index contributed by atoms with van der Waals surface area (Å²) in [5.41, 5.74) is 0.888. The fourth-order valence-electron chi connectivity index (χ4n) is 4.10. The molecule has 33 heavy (non-hydrogen) atoms. The van der Waals surface area contributed by atoms with Gasteiger partial charge in [0.25, 0.3) is 11.5 Å². The number of fused-ring (bicyclic) bond motifs is 3. The van der Waals surface area contributed by atoms with E-state index in [1.54, 1.807) is 4.57 Å². The minimum absolute atomic E-state index is 0.00210. The summed E-state index contributed by atoms with van der Waals surface area (Å²) >= 11 is 1.35. The van der Waals surface area contributed by atoms with Crippen LogP contribution in [0.4, 0.5) is 13.2 Å². The molecule has 5 nitrogen and oxygen atoms in total. The van der Waals surface area contributed by atoms with Gasteiger partial charge >= 0.3 is 6.18 Å². The number of rotatable bonds is 3. The zero-order valence-electron chi connectivity index (χ0n) is 17.3. The van der Waals surface area contributed by atoms with E-state index in [0.717, 1.165) is 28.1 Å². The van der Waals surface area contributed by atoms with Crippen LogP contribution >= 0.6 is 11.3 Å². The molecule has 0 unspecified atom stereocenters. The Morgan fingerprint density at radius 2 is 1.88 bits per heavy atom. The Balaban J connectivity index is 1.44. The first-order chi connectivity index (χ1) is 15.8. The van der Waals surface area contributed by atoms with E-state index < -0.39 is 17.6 Å². The zero-order valence-corrected chi connectivity index (χ0v) is 18.1. The molecule has 2 aromatic heterocycles. The number of aromatic nitrogens is 2. The van der Waals surface area contributed by atoms with Crippen LogP contribution in [0.1, 0.15) is 31.9 Å². The predicted molar refractivity (Wildman–Crippen MR) is 119 cm³/mol. The van der Waals surface area contributed by atoms with Gasteiger partial charge in [0.1, 0.15) is 4.83 Å². The molecule has 0 bridgehead atoms. The van der Waals surface area contributed by atoms with Crippen LogP contribution in [-0.4, -0.2) is 26.9 Å². The number of alkyl halides is 3. The number of amides is 1. The summed E-state index contributed by atoms with van der Waals surface area (Å²) in [6, 6.07) is 14.1. The number of hydrogen-bond donors (Lipinski definition) is 0. The Labute approximate surface area is 190 Å². The number of thiophene rings is 1. The molecule has 0 saturated carbocycles. The molecule has 4 aromatic rings. The first kappa shape index (κ1) is 21.4. The summed E-state index contributed by atoms with van der Waals surface area (Å²) in [5, 5.41) is 0.569. The normalized spacial score (nSPS) is 13.8. The first-order valence-corrected chi connectivity index (χ1v) is 11.1. The van der Waals surface area contributed by atoms with Crippen molar-refractivity contribution in [1.29, 1.82) is 0 Å². The molecule has 0 aliphatic carbocycles.